The smallest absolute Gasteiger partial charge is 0.237 e. The maximum absolute atomic E-state index is 11.8. The van der Waals surface area contributed by atoms with Crippen LogP contribution in [-0.4, -0.2) is 31.6 Å². The number of carbonyl (C=O) groups excluding carboxylic acids is 1. The predicted octanol–water partition coefficient (Wildman–Crippen LogP) is 1.42. The molecule has 20 heavy (non-hydrogen) atoms. The van der Waals surface area contributed by atoms with Crippen LogP contribution in [0.15, 0.2) is 18.2 Å². The molecule has 1 amide bonds. The fourth-order valence-corrected chi connectivity index (χ4v) is 3.01. The van der Waals surface area contributed by atoms with Gasteiger partial charge in [0.1, 0.15) is 12.4 Å². The third-order valence-electron chi connectivity index (χ3n) is 4.12. The Labute approximate surface area is 119 Å². The summed E-state index contributed by atoms with van der Waals surface area (Å²) in [5.74, 6) is 1.01. The predicted molar refractivity (Wildman–Crippen MR) is 78.0 cm³/mol. The minimum Gasteiger partial charge on any atom is -0.492 e. The quantitative estimate of drug-likeness (QED) is 0.799. The van der Waals surface area contributed by atoms with Crippen molar-refractivity contribution in [3.05, 3.63) is 29.3 Å². The molecule has 0 saturated carbocycles. The van der Waals surface area contributed by atoms with Crippen LogP contribution in [0.5, 0.6) is 5.75 Å². The molecule has 1 aromatic carbocycles. The molecule has 0 bridgehead atoms. The Kier molecular flexibility index (Phi) is 4.21. The number of hydrogen-bond donors (Lipinski definition) is 2. The van der Waals surface area contributed by atoms with E-state index in [9.17, 15) is 4.79 Å². The topological polar surface area (TPSA) is 50.4 Å². The van der Waals surface area contributed by atoms with Gasteiger partial charge in [0, 0.05) is 0 Å². The molecule has 0 aromatic heterocycles. The molecule has 4 heteroatoms. The second kappa shape index (κ2) is 6.27. The molecule has 2 N–H and O–H groups in total. The lowest BCUT2D eigenvalue weighted by Gasteiger charge is -2.12. The van der Waals surface area contributed by atoms with Crippen LogP contribution in [0.4, 0.5) is 0 Å². The van der Waals surface area contributed by atoms with Gasteiger partial charge in [-0.2, -0.15) is 0 Å². The molecule has 3 rings (SSSR count). The summed E-state index contributed by atoms with van der Waals surface area (Å²) in [5, 5.41) is 6.11. The number of hydrogen-bond acceptors (Lipinski definition) is 3. The number of rotatable bonds is 5. The lowest BCUT2D eigenvalue weighted by atomic mass is 10.1. The molecule has 1 aliphatic carbocycles. The Hall–Kier alpha value is -1.55. The molecule has 4 nitrogen and oxygen atoms in total. The second-order valence-corrected chi connectivity index (χ2v) is 5.57. The van der Waals surface area contributed by atoms with Crippen LogP contribution < -0.4 is 15.4 Å². The molecule has 1 heterocycles. The molecule has 1 fully saturated rings. The van der Waals surface area contributed by atoms with Gasteiger partial charge in [-0.25, -0.2) is 0 Å². The molecule has 2 aliphatic rings. The van der Waals surface area contributed by atoms with E-state index < -0.39 is 0 Å². The van der Waals surface area contributed by atoms with Crippen molar-refractivity contribution in [3.8, 4) is 5.75 Å². The second-order valence-electron chi connectivity index (χ2n) is 5.57. The molecular weight excluding hydrogens is 252 g/mol. The first kappa shape index (κ1) is 13.4. The van der Waals surface area contributed by atoms with E-state index in [2.05, 4.69) is 22.8 Å². The summed E-state index contributed by atoms with van der Waals surface area (Å²) in [6, 6.07) is 6.33. The Balaban J connectivity index is 1.40. The zero-order chi connectivity index (χ0) is 13.8. The summed E-state index contributed by atoms with van der Waals surface area (Å²) >= 11 is 0. The number of aryl methyl sites for hydroxylation is 2. The van der Waals surface area contributed by atoms with E-state index in [0.717, 1.165) is 31.6 Å². The summed E-state index contributed by atoms with van der Waals surface area (Å²) in [5.41, 5.74) is 2.87. The van der Waals surface area contributed by atoms with Gasteiger partial charge in [-0.05, 0) is 61.9 Å². The van der Waals surface area contributed by atoms with Crippen molar-refractivity contribution in [1.82, 2.24) is 10.6 Å². The van der Waals surface area contributed by atoms with Crippen LogP contribution in [-0.2, 0) is 17.6 Å². The van der Waals surface area contributed by atoms with Crippen molar-refractivity contribution in [2.45, 2.75) is 38.1 Å². The minimum atomic E-state index is -0.00463. The van der Waals surface area contributed by atoms with E-state index in [1.54, 1.807) is 0 Å². The van der Waals surface area contributed by atoms with Gasteiger partial charge in [0.2, 0.25) is 5.91 Å². The van der Waals surface area contributed by atoms with Crippen LogP contribution in [0.25, 0.3) is 0 Å². The lowest BCUT2D eigenvalue weighted by Crippen LogP contribution is -2.41. The number of fused-ring (bicyclic) bond motifs is 1. The molecular formula is C16H22N2O2. The standard InChI is InChI=1S/C16H22N2O2/c19-16(15-5-2-8-17-15)18-9-10-20-14-7-6-12-3-1-4-13(12)11-14/h6-7,11,15,17H,1-5,8-10H2,(H,18,19)/t15-/m0/s1. The van der Waals surface area contributed by atoms with Crippen LogP contribution in [0.2, 0.25) is 0 Å². The van der Waals surface area contributed by atoms with Gasteiger partial charge >= 0.3 is 0 Å². The summed E-state index contributed by atoms with van der Waals surface area (Å²) in [7, 11) is 0. The van der Waals surface area contributed by atoms with Crippen molar-refractivity contribution in [3.63, 3.8) is 0 Å². The van der Waals surface area contributed by atoms with Crippen LogP contribution in [0.3, 0.4) is 0 Å². The molecule has 1 aromatic rings. The van der Waals surface area contributed by atoms with Gasteiger partial charge < -0.3 is 15.4 Å². The average molecular weight is 274 g/mol. The lowest BCUT2D eigenvalue weighted by molar-refractivity contribution is -0.122. The first-order valence-electron chi connectivity index (χ1n) is 7.58. The first-order chi connectivity index (χ1) is 9.83. The van der Waals surface area contributed by atoms with Crippen LogP contribution in [0, 0.1) is 0 Å². The normalized spacial score (nSPS) is 20.7. The SMILES string of the molecule is O=C(NCCOc1ccc2c(c1)CCC2)[C@@H]1CCCN1. The van der Waals surface area contributed by atoms with E-state index >= 15 is 0 Å². The van der Waals surface area contributed by atoms with Crippen molar-refractivity contribution in [2.24, 2.45) is 0 Å². The van der Waals surface area contributed by atoms with Crippen molar-refractivity contribution in [2.75, 3.05) is 19.7 Å². The maximum Gasteiger partial charge on any atom is 0.237 e. The van der Waals surface area contributed by atoms with Gasteiger partial charge in [0.05, 0.1) is 12.6 Å². The Morgan fingerprint density at radius 1 is 1.30 bits per heavy atom. The highest BCUT2D eigenvalue weighted by molar-refractivity contribution is 5.81. The largest absolute Gasteiger partial charge is 0.492 e. The number of amides is 1. The summed E-state index contributed by atoms with van der Waals surface area (Å²) in [4.78, 5) is 11.8. The molecule has 108 valence electrons. The van der Waals surface area contributed by atoms with Gasteiger partial charge in [-0.3, -0.25) is 4.79 Å². The zero-order valence-corrected chi connectivity index (χ0v) is 11.8. The van der Waals surface area contributed by atoms with Gasteiger partial charge in [0.15, 0.2) is 0 Å². The highest BCUT2D eigenvalue weighted by atomic mass is 16.5. The van der Waals surface area contributed by atoms with E-state index in [4.69, 9.17) is 4.74 Å². The number of ether oxygens (including phenoxy) is 1. The summed E-state index contributed by atoms with van der Waals surface area (Å²) in [6.45, 7) is 2.04. The number of benzene rings is 1. The average Bonchev–Trinajstić information content (AvgIpc) is 3.13. The van der Waals surface area contributed by atoms with E-state index in [1.807, 2.05) is 6.07 Å². The zero-order valence-electron chi connectivity index (χ0n) is 11.8. The van der Waals surface area contributed by atoms with Gasteiger partial charge in [0.25, 0.3) is 0 Å². The van der Waals surface area contributed by atoms with E-state index in [0.29, 0.717) is 13.2 Å². The third kappa shape index (κ3) is 3.12. The van der Waals surface area contributed by atoms with E-state index in [1.165, 1.54) is 24.0 Å². The van der Waals surface area contributed by atoms with Crippen molar-refractivity contribution in [1.29, 1.82) is 0 Å². The highest BCUT2D eigenvalue weighted by Crippen LogP contribution is 2.25. The Morgan fingerprint density at radius 2 is 2.20 bits per heavy atom. The maximum atomic E-state index is 11.8. The van der Waals surface area contributed by atoms with Gasteiger partial charge in [-0.1, -0.05) is 6.07 Å². The third-order valence-corrected chi connectivity index (χ3v) is 4.12. The molecule has 1 atom stereocenters. The molecule has 1 aliphatic heterocycles. The van der Waals surface area contributed by atoms with Gasteiger partial charge in [-0.15, -0.1) is 0 Å². The fraction of sp³-hybridized carbons (Fsp3) is 0.562. The van der Waals surface area contributed by atoms with Crippen LogP contribution >= 0.6 is 0 Å². The number of nitrogens with one attached hydrogen (secondary N) is 2. The Bertz CT molecular complexity index is 481. The minimum absolute atomic E-state index is 0.00463. The van der Waals surface area contributed by atoms with Crippen molar-refractivity contribution >= 4 is 5.91 Å². The number of carbonyl (C=O) groups is 1. The molecule has 1 saturated heterocycles. The monoisotopic (exact) mass is 274 g/mol. The Morgan fingerprint density at radius 3 is 3.05 bits per heavy atom. The summed E-state index contributed by atoms with van der Waals surface area (Å²) < 4.78 is 5.71. The molecule has 0 radical (unpaired) electrons. The van der Waals surface area contributed by atoms with E-state index in [-0.39, 0.29) is 11.9 Å². The molecule has 0 unspecified atom stereocenters. The first-order valence-corrected chi connectivity index (χ1v) is 7.58. The van der Waals surface area contributed by atoms with Crippen LogP contribution in [0.1, 0.15) is 30.4 Å². The summed E-state index contributed by atoms with van der Waals surface area (Å²) in [6.07, 6.45) is 5.64. The molecule has 0 spiro atoms. The van der Waals surface area contributed by atoms with Crippen molar-refractivity contribution < 1.29 is 9.53 Å². The highest BCUT2D eigenvalue weighted by Gasteiger charge is 2.21. The fourth-order valence-electron chi connectivity index (χ4n) is 3.01.